The molecule has 0 saturated heterocycles. The van der Waals surface area contributed by atoms with E-state index < -0.39 is 8.38 Å². The van der Waals surface area contributed by atoms with Gasteiger partial charge in [0.05, 0.1) is 6.61 Å². The van der Waals surface area contributed by atoms with Crippen molar-refractivity contribution in [2.24, 2.45) is 0 Å². The third-order valence-electron chi connectivity index (χ3n) is 0.581. The van der Waals surface area contributed by atoms with E-state index >= 15 is 0 Å². The van der Waals surface area contributed by atoms with Gasteiger partial charge < -0.3 is 14.5 Å². The van der Waals surface area contributed by atoms with Crippen LogP contribution in [0.5, 0.6) is 0 Å². The quantitative estimate of drug-likeness (QED) is 0.492. The summed E-state index contributed by atoms with van der Waals surface area (Å²) in [6, 6.07) is 0. The fraction of sp³-hybridized carbons (Fsp3) is 1.00. The van der Waals surface area contributed by atoms with E-state index in [1.807, 2.05) is 13.8 Å². The lowest BCUT2D eigenvalue weighted by atomic mass is 10.5. The predicted octanol–water partition coefficient (Wildman–Crippen LogP) is 1.35. The van der Waals surface area contributed by atoms with Crippen molar-refractivity contribution < 1.29 is 14.5 Å². The first-order valence-corrected chi connectivity index (χ1v) is 5.09. The molecule has 0 aliphatic rings. The van der Waals surface area contributed by atoms with E-state index in [0.29, 0.717) is 13.0 Å². The Bertz CT molecular complexity index is 50.3. The van der Waals surface area contributed by atoms with Crippen LogP contribution in [0.2, 0.25) is 0 Å². The van der Waals surface area contributed by atoms with Crippen LogP contribution >= 0.6 is 8.38 Å². The molecular weight excluding hydrogens is 151 g/mol. The molecular formula is C6H17O3P. The lowest BCUT2D eigenvalue weighted by Gasteiger charge is -2.02. The zero-order chi connectivity index (χ0) is 8.41. The summed E-state index contributed by atoms with van der Waals surface area (Å²) in [5.41, 5.74) is 0. The molecule has 2 N–H and O–H groups in total. The SMILES string of the molecule is CC.CP(O)OCCCO. The molecule has 0 saturated carbocycles. The topological polar surface area (TPSA) is 49.7 Å². The van der Waals surface area contributed by atoms with E-state index in [0.717, 1.165) is 0 Å². The Morgan fingerprint density at radius 3 is 2.20 bits per heavy atom. The second-order valence-corrected chi connectivity index (χ2v) is 2.56. The highest BCUT2D eigenvalue weighted by molar-refractivity contribution is 7.45. The predicted molar refractivity (Wildman–Crippen MR) is 44.1 cm³/mol. The number of hydrogen-bond acceptors (Lipinski definition) is 3. The molecule has 0 aliphatic carbocycles. The second kappa shape index (κ2) is 12.0. The molecule has 1 atom stereocenters. The van der Waals surface area contributed by atoms with Crippen molar-refractivity contribution in [2.75, 3.05) is 19.9 Å². The van der Waals surface area contributed by atoms with Gasteiger partial charge in [-0.15, -0.1) is 0 Å². The van der Waals surface area contributed by atoms with Crippen molar-refractivity contribution in [2.45, 2.75) is 20.3 Å². The molecule has 1 unspecified atom stereocenters. The van der Waals surface area contributed by atoms with Crippen LogP contribution in [-0.2, 0) is 4.52 Å². The summed E-state index contributed by atoms with van der Waals surface area (Å²) in [7, 11) is -1.22. The van der Waals surface area contributed by atoms with Crippen molar-refractivity contribution in [3.63, 3.8) is 0 Å². The summed E-state index contributed by atoms with van der Waals surface area (Å²) in [4.78, 5) is 8.54. The van der Waals surface area contributed by atoms with E-state index in [2.05, 4.69) is 0 Å². The molecule has 10 heavy (non-hydrogen) atoms. The fourth-order valence-corrected chi connectivity index (χ4v) is 0.655. The molecule has 0 rings (SSSR count). The molecule has 0 aromatic rings. The fourth-order valence-electron chi connectivity index (χ4n) is 0.261. The summed E-state index contributed by atoms with van der Waals surface area (Å²) < 4.78 is 4.74. The van der Waals surface area contributed by atoms with Gasteiger partial charge in [-0.3, -0.25) is 0 Å². The zero-order valence-electron chi connectivity index (χ0n) is 6.87. The molecule has 0 aliphatic heterocycles. The highest BCUT2D eigenvalue weighted by atomic mass is 31.2. The van der Waals surface area contributed by atoms with E-state index in [1.165, 1.54) is 0 Å². The maximum Gasteiger partial charge on any atom is 0.164 e. The summed E-state index contributed by atoms with van der Waals surface area (Å²) >= 11 is 0. The first-order chi connectivity index (χ1) is 4.77. The Hall–Kier alpha value is 0.310. The summed E-state index contributed by atoms with van der Waals surface area (Å²) in [6.45, 7) is 6.19. The number of rotatable bonds is 4. The molecule has 0 spiro atoms. The number of aliphatic hydroxyl groups is 1. The summed E-state index contributed by atoms with van der Waals surface area (Å²) in [5, 5.41) is 8.22. The van der Waals surface area contributed by atoms with Crippen molar-refractivity contribution in [3.8, 4) is 0 Å². The van der Waals surface area contributed by atoms with Gasteiger partial charge in [0, 0.05) is 13.3 Å². The third kappa shape index (κ3) is 15.7. The van der Waals surface area contributed by atoms with Crippen LogP contribution < -0.4 is 0 Å². The smallest absolute Gasteiger partial charge is 0.164 e. The van der Waals surface area contributed by atoms with E-state index in [-0.39, 0.29) is 6.61 Å². The molecule has 0 heterocycles. The number of aliphatic hydroxyl groups excluding tert-OH is 1. The van der Waals surface area contributed by atoms with Crippen LogP contribution in [0.1, 0.15) is 20.3 Å². The molecule has 0 radical (unpaired) electrons. The molecule has 3 nitrogen and oxygen atoms in total. The summed E-state index contributed by atoms with van der Waals surface area (Å²) in [5.74, 6) is 0. The van der Waals surface area contributed by atoms with Crippen molar-refractivity contribution in [3.05, 3.63) is 0 Å². The molecule has 4 heteroatoms. The molecule has 0 amide bonds. The maximum atomic E-state index is 8.54. The monoisotopic (exact) mass is 168 g/mol. The van der Waals surface area contributed by atoms with Crippen LogP contribution in [0.4, 0.5) is 0 Å². The number of hydrogen-bond donors (Lipinski definition) is 2. The first-order valence-electron chi connectivity index (χ1n) is 3.43. The van der Waals surface area contributed by atoms with Gasteiger partial charge in [-0.1, -0.05) is 13.8 Å². The Balaban J connectivity index is 0. The third-order valence-corrected chi connectivity index (χ3v) is 1.14. The molecule has 0 aromatic heterocycles. The highest BCUT2D eigenvalue weighted by Crippen LogP contribution is 2.24. The Morgan fingerprint density at radius 1 is 1.40 bits per heavy atom. The van der Waals surface area contributed by atoms with Gasteiger partial charge in [-0.05, 0) is 6.42 Å². The van der Waals surface area contributed by atoms with Gasteiger partial charge in [-0.25, -0.2) is 0 Å². The van der Waals surface area contributed by atoms with Crippen LogP contribution in [0, 0.1) is 0 Å². The Labute approximate surface area is 63.9 Å². The van der Waals surface area contributed by atoms with E-state index in [4.69, 9.17) is 14.5 Å². The van der Waals surface area contributed by atoms with Crippen LogP contribution in [0.15, 0.2) is 0 Å². The van der Waals surface area contributed by atoms with E-state index in [9.17, 15) is 0 Å². The van der Waals surface area contributed by atoms with Gasteiger partial charge in [-0.2, -0.15) is 0 Å². The van der Waals surface area contributed by atoms with Crippen molar-refractivity contribution in [1.29, 1.82) is 0 Å². The average Bonchev–Trinajstić information content (AvgIpc) is 1.92. The van der Waals surface area contributed by atoms with Gasteiger partial charge in [0.25, 0.3) is 0 Å². The van der Waals surface area contributed by atoms with Crippen LogP contribution in [-0.4, -0.2) is 29.9 Å². The normalized spacial score (nSPS) is 11.7. The molecule has 0 bridgehead atoms. The minimum atomic E-state index is -1.22. The van der Waals surface area contributed by atoms with Crippen molar-refractivity contribution in [1.82, 2.24) is 0 Å². The Morgan fingerprint density at radius 2 is 1.90 bits per heavy atom. The molecule has 0 fully saturated rings. The van der Waals surface area contributed by atoms with Crippen LogP contribution in [0.3, 0.4) is 0 Å². The van der Waals surface area contributed by atoms with Gasteiger partial charge >= 0.3 is 0 Å². The van der Waals surface area contributed by atoms with Crippen LogP contribution in [0.25, 0.3) is 0 Å². The molecule has 64 valence electrons. The molecule has 0 aromatic carbocycles. The largest absolute Gasteiger partial charge is 0.396 e. The minimum absolute atomic E-state index is 0.128. The minimum Gasteiger partial charge on any atom is -0.396 e. The van der Waals surface area contributed by atoms with E-state index in [1.54, 1.807) is 6.66 Å². The van der Waals surface area contributed by atoms with Gasteiger partial charge in [0.15, 0.2) is 8.38 Å². The lowest BCUT2D eigenvalue weighted by Crippen LogP contribution is -1.91. The highest BCUT2D eigenvalue weighted by Gasteiger charge is 1.92. The second-order valence-electron chi connectivity index (χ2n) is 1.37. The lowest BCUT2D eigenvalue weighted by molar-refractivity contribution is 0.234. The van der Waals surface area contributed by atoms with Gasteiger partial charge in [0.1, 0.15) is 0 Å². The standard InChI is InChI=1S/C4H11O3P.C2H6/c1-8(6)7-4-2-3-5;1-2/h5-6H,2-4H2,1H3;1-2H3. The summed E-state index contributed by atoms with van der Waals surface area (Å²) in [6.07, 6.45) is 0.604. The first kappa shape index (κ1) is 12.9. The maximum absolute atomic E-state index is 8.54. The Kier molecular flexibility index (Phi) is 15.6. The zero-order valence-corrected chi connectivity index (χ0v) is 7.77. The van der Waals surface area contributed by atoms with Crippen molar-refractivity contribution >= 4 is 8.38 Å². The average molecular weight is 168 g/mol. The van der Waals surface area contributed by atoms with Gasteiger partial charge in [0.2, 0.25) is 0 Å².